The Bertz CT molecular complexity index is 209. The second-order valence-electron chi connectivity index (χ2n) is 6.00. The van der Waals surface area contributed by atoms with Gasteiger partial charge in [0, 0.05) is 18.1 Å². The van der Waals surface area contributed by atoms with Crippen LogP contribution < -0.4 is 5.73 Å². The first-order chi connectivity index (χ1) is 7.09. The van der Waals surface area contributed by atoms with Crippen molar-refractivity contribution in [1.29, 1.82) is 0 Å². The highest BCUT2D eigenvalue weighted by molar-refractivity contribution is 4.98. The average Bonchev–Trinajstić information content (AvgIpc) is 2.95. The third-order valence-electron chi connectivity index (χ3n) is 4.22. The van der Waals surface area contributed by atoms with Gasteiger partial charge in [-0.1, -0.05) is 0 Å². The van der Waals surface area contributed by atoms with Crippen LogP contribution in [0.25, 0.3) is 0 Å². The third kappa shape index (κ3) is 3.18. The highest BCUT2D eigenvalue weighted by Crippen LogP contribution is 2.38. The highest BCUT2D eigenvalue weighted by atomic mass is 15.2. The van der Waals surface area contributed by atoms with Crippen molar-refractivity contribution in [3.63, 3.8) is 0 Å². The number of likely N-dealkylation sites (tertiary alicyclic amines) is 1. The van der Waals surface area contributed by atoms with Crippen LogP contribution in [0, 0.1) is 5.92 Å². The van der Waals surface area contributed by atoms with Gasteiger partial charge >= 0.3 is 0 Å². The second-order valence-corrected chi connectivity index (χ2v) is 6.00. The standard InChI is InChI=1S/C13H26N2/c1-11(2)15-9-3-4-12(10-15)5-6-13(14)7-8-13/h11-12H,3-10,14H2,1-2H3. The minimum atomic E-state index is 0.264. The molecule has 2 heteroatoms. The minimum absolute atomic E-state index is 0.264. The lowest BCUT2D eigenvalue weighted by Crippen LogP contribution is -2.40. The molecule has 0 amide bonds. The molecular formula is C13H26N2. The molecule has 0 aromatic heterocycles. The Kier molecular flexibility index (Phi) is 3.36. The number of nitrogens with two attached hydrogens (primary N) is 1. The van der Waals surface area contributed by atoms with E-state index in [4.69, 9.17) is 5.73 Å². The Morgan fingerprint density at radius 1 is 1.40 bits per heavy atom. The molecule has 2 fully saturated rings. The van der Waals surface area contributed by atoms with Gasteiger partial charge in [0.25, 0.3) is 0 Å². The summed E-state index contributed by atoms with van der Waals surface area (Å²) in [4.78, 5) is 2.63. The van der Waals surface area contributed by atoms with Crippen molar-refractivity contribution >= 4 is 0 Å². The maximum atomic E-state index is 6.14. The lowest BCUT2D eigenvalue weighted by Gasteiger charge is -2.35. The molecule has 2 N–H and O–H groups in total. The SMILES string of the molecule is CC(C)N1CCCC(CCC2(N)CC2)C1. The third-order valence-corrected chi connectivity index (χ3v) is 4.22. The van der Waals surface area contributed by atoms with E-state index in [0.717, 1.165) is 12.0 Å². The molecular weight excluding hydrogens is 184 g/mol. The van der Waals surface area contributed by atoms with Crippen molar-refractivity contribution < 1.29 is 0 Å². The van der Waals surface area contributed by atoms with Gasteiger partial charge in [0.15, 0.2) is 0 Å². The van der Waals surface area contributed by atoms with Crippen LogP contribution in [-0.2, 0) is 0 Å². The summed E-state index contributed by atoms with van der Waals surface area (Å²) in [6, 6.07) is 0.723. The molecule has 0 aromatic carbocycles. The van der Waals surface area contributed by atoms with Gasteiger partial charge in [-0.25, -0.2) is 0 Å². The van der Waals surface area contributed by atoms with Crippen molar-refractivity contribution in [3.05, 3.63) is 0 Å². The predicted octanol–water partition coefficient (Wildman–Crippen LogP) is 2.38. The van der Waals surface area contributed by atoms with Gasteiger partial charge in [-0.2, -0.15) is 0 Å². The quantitative estimate of drug-likeness (QED) is 0.772. The summed E-state index contributed by atoms with van der Waals surface area (Å²) in [6.45, 7) is 7.25. The smallest absolute Gasteiger partial charge is 0.0155 e. The van der Waals surface area contributed by atoms with Crippen molar-refractivity contribution in [2.45, 2.75) is 64.0 Å². The molecule has 0 spiro atoms. The maximum Gasteiger partial charge on any atom is 0.0155 e. The van der Waals surface area contributed by atoms with E-state index in [0.29, 0.717) is 0 Å². The van der Waals surface area contributed by atoms with Gasteiger partial charge in [-0.3, -0.25) is 0 Å². The molecule has 1 aliphatic heterocycles. The van der Waals surface area contributed by atoms with E-state index >= 15 is 0 Å². The van der Waals surface area contributed by atoms with Gasteiger partial charge in [0.2, 0.25) is 0 Å². The number of piperidine rings is 1. The molecule has 2 aliphatic rings. The van der Waals surface area contributed by atoms with Gasteiger partial charge in [0.1, 0.15) is 0 Å². The van der Waals surface area contributed by atoms with E-state index in [1.54, 1.807) is 0 Å². The summed E-state index contributed by atoms with van der Waals surface area (Å²) in [5.74, 6) is 0.919. The van der Waals surface area contributed by atoms with Crippen molar-refractivity contribution in [2.24, 2.45) is 11.7 Å². The molecule has 1 saturated heterocycles. The number of hydrogen-bond acceptors (Lipinski definition) is 2. The van der Waals surface area contributed by atoms with E-state index in [2.05, 4.69) is 18.7 Å². The van der Waals surface area contributed by atoms with Crippen LogP contribution in [0.3, 0.4) is 0 Å². The Labute approximate surface area is 94.2 Å². The van der Waals surface area contributed by atoms with Crippen LogP contribution in [0.15, 0.2) is 0 Å². The van der Waals surface area contributed by atoms with Crippen LogP contribution in [0.4, 0.5) is 0 Å². The van der Waals surface area contributed by atoms with Crippen molar-refractivity contribution in [2.75, 3.05) is 13.1 Å². The van der Waals surface area contributed by atoms with Crippen LogP contribution in [-0.4, -0.2) is 29.6 Å². The topological polar surface area (TPSA) is 29.3 Å². The summed E-state index contributed by atoms with van der Waals surface area (Å²) < 4.78 is 0. The zero-order chi connectivity index (χ0) is 10.9. The number of nitrogens with zero attached hydrogens (tertiary/aromatic N) is 1. The summed E-state index contributed by atoms with van der Waals surface area (Å²) >= 11 is 0. The molecule has 15 heavy (non-hydrogen) atoms. The molecule has 1 unspecified atom stereocenters. The molecule has 1 saturated carbocycles. The Balaban J connectivity index is 1.72. The van der Waals surface area contributed by atoms with Crippen molar-refractivity contribution in [3.8, 4) is 0 Å². The van der Waals surface area contributed by atoms with E-state index < -0.39 is 0 Å². The predicted molar refractivity (Wildman–Crippen MR) is 64.8 cm³/mol. The fraction of sp³-hybridized carbons (Fsp3) is 1.00. The number of hydrogen-bond donors (Lipinski definition) is 1. The van der Waals surface area contributed by atoms with Crippen LogP contribution in [0.2, 0.25) is 0 Å². The summed E-state index contributed by atoms with van der Waals surface area (Å²) in [5.41, 5.74) is 6.41. The Morgan fingerprint density at radius 3 is 2.73 bits per heavy atom. The Morgan fingerprint density at radius 2 is 2.13 bits per heavy atom. The van der Waals surface area contributed by atoms with Crippen LogP contribution in [0.1, 0.15) is 52.4 Å². The minimum Gasteiger partial charge on any atom is -0.325 e. The normalized spacial score (nSPS) is 30.8. The van der Waals surface area contributed by atoms with Crippen LogP contribution >= 0.6 is 0 Å². The molecule has 0 radical (unpaired) electrons. The second kappa shape index (κ2) is 4.42. The van der Waals surface area contributed by atoms with E-state index in [1.165, 1.54) is 51.6 Å². The Hall–Kier alpha value is -0.0800. The fourth-order valence-electron chi connectivity index (χ4n) is 2.70. The first kappa shape index (κ1) is 11.4. The van der Waals surface area contributed by atoms with E-state index in [9.17, 15) is 0 Å². The summed E-state index contributed by atoms with van der Waals surface area (Å²) in [6.07, 6.45) is 7.99. The monoisotopic (exact) mass is 210 g/mol. The van der Waals surface area contributed by atoms with Gasteiger partial charge < -0.3 is 10.6 Å². The van der Waals surface area contributed by atoms with E-state index in [1.807, 2.05) is 0 Å². The molecule has 88 valence electrons. The lowest BCUT2D eigenvalue weighted by molar-refractivity contribution is 0.132. The lowest BCUT2D eigenvalue weighted by atomic mass is 9.90. The van der Waals surface area contributed by atoms with Gasteiger partial charge in [-0.15, -0.1) is 0 Å². The molecule has 1 heterocycles. The largest absolute Gasteiger partial charge is 0.325 e. The first-order valence-corrected chi connectivity index (χ1v) is 6.62. The van der Waals surface area contributed by atoms with Gasteiger partial charge in [-0.05, 0) is 64.8 Å². The average molecular weight is 210 g/mol. The van der Waals surface area contributed by atoms with Gasteiger partial charge in [0.05, 0.1) is 0 Å². The van der Waals surface area contributed by atoms with E-state index in [-0.39, 0.29) is 5.54 Å². The molecule has 1 aliphatic carbocycles. The summed E-state index contributed by atoms with van der Waals surface area (Å²) in [7, 11) is 0. The highest BCUT2D eigenvalue weighted by Gasteiger charge is 2.38. The fourth-order valence-corrected chi connectivity index (χ4v) is 2.70. The molecule has 1 atom stereocenters. The molecule has 2 nitrogen and oxygen atoms in total. The van der Waals surface area contributed by atoms with Crippen molar-refractivity contribution in [1.82, 2.24) is 4.90 Å². The van der Waals surface area contributed by atoms with Crippen LogP contribution in [0.5, 0.6) is 0 Å². The number of rotatable bonds is 4. The molecule has 0 aromatic rings. The maximum absolute atomic E-state index is 6.14. The zero-order valence-electron chi connectivity index (χ0n) is 10.3. The first-order valence-electron chi connectivity index (χ1n) is 6.62. The zero-order valence-corrected chi connectivity index (χ0v) is 10.3. The summed E-state index contributed by atoms with van der Waals surface area (Å²) in [5, 5.41) is 0. The molecule has 2 rings (SSSR count). The molecule has 0 bridgehead atoms.